The summed E-state index contributed by atoms with van der Waals surface area (Å²) in [4.78, 5) is 12.2. The van der Waals surface area contributed by atoms with E-state index in [1.165, 1.54) is 70.5 Å². The molecule has 30 heavy (non-hydrogen) atoms. The highest BCUT2D eigenvalue weighted by molar-refractivity contribution is 5.79. The van der Waals surface area contributed by atoms with Crippen LogP contribution in [0, 0.1) is 0 Å². The fourth-order valence-electron chi connectivity index (χ4n) is 4.46. The first-order chi connectivity index (χ1) is 14.8. The van der Waals surface area contributed by atoms with Crippen LogP contribution in [-0.4, -0.2) is 92.7 Å². The molecule has 6 heteroatoms. The lowest BCUT2D eigenvalue weighted by atomic mass is 10.0. The largest absolute Gasteiger partial charge is 0.356 e. The van der Waals surface area contributed by atoms with Crippen molar-refractivity contribution in [1.29, 1.82) is 0 Å². The first-order valence-electron chi connectivity index (χ1n) is 11.9. The Balaban J connectivity index is 1.24. The minimum Gasteiger partial charge on any atom is -0.356 e. The molecule has 0 aromatic heterocycles. The van der Waals surface area contributed by atoms with Gasteiger partial charge in [0.25, 0.3) is 0 Å². The lowest BCUT2D eigenvalue weighted by molar-refractivity contribution is 0.136. The Hall–Kier alpha value is -1.63. The van der Waals surface area contributed by atoms with Crippen LogP contribution < -0.4 is 10.6 Å². The Morgan fingerprint density at radius 1 is 0.933 bits per heavy atom. The Bertz CT molecular complexity index is 603. The molecule has 0 unspecified atom stereocenters. The number of rotatable bonds is 9. The van der Waals surface area contributed by atoms with Gasteiger partial charge in [-0.05, 0) is 44.3 Å². The average molecular weight is 415 g/mol. The van der Waals surface area contributed by atoms with Crippen molar-refractivity contribution in [2.45, 2.75) is 45.2 Å². The molecule has 2 fully saturated rings. The minimum absolute atomic E-state index is 0.526. The molecule has 2 heterocycles. The number of hydrogen-bond donors (Lipinski definition) is 2. The summed E-state index contributed by atoms with van der Waals surface area (Å²) in [6.45, 7) is 14.0. The topological polar surface area (TPSA) is 46.1 Å². The average Bonchev–Trinajstić information content (AvgIpc) is 2.80. The van der Waals surface area contributed by atoms with Gasteiger partial charge < -0.3 is 20.4 Å². The van der Waals surface area contributed by atoms with Crippen LogP contribution in [0.5, 0.6) is 0 Å². The fraction of sp³-hybridized carbons (Fsp3) is 0.708. The zero-order valence-electron chi connectivity index (χ0n) is 19.2. The molecule has 0 aliphatic carbocycles. The highest BCUT2D eigenvalue weighted by Gasteiger charge is 2.20. The molecule has 1 aromatic carbocycles. The van der Waals surface area contributed by atoms with E-state index in [9.17, 15) is 0 Å². The van der Waals surface area contributed by atoms with Gasteiger partial charge in [-0.25, -0.2) is 0 Å². The predicted molar refractivity (Wildman–Crippen MR) is 127 cm³/mol. The van der Waals surface area contributed by atoms with E-state index < -0.39 is 0 Å². The van der Waals surface area contributed by atoms with Crippen molar-refractivity contribution in [2.75, 3.05) is 66.0 Å². The SMILES string of the molecule is CCN1CCN(CCCCNC(=NC)NC2CCN(Cc3ccccc3)CC2)CC1. The molecule has 0 bridgehead atoms. The number of guanidine groups is 1. The smallest absolute Gasteiger partial charge is 0.191 e. The molecule has 2 saturated heterocycles. The molecule has 2 aliphatic heterocycles. The van der Waals surface area contributed by atoms with E-state index in [-0.39, 0.29) is 0 Å². The third kappa shape index (κ3) is 7.89. The second-order valence-electron chi connectivity index (χ2n) is 8.66. The van der Waals surface area contributed by atoms with Crippen molar-refractivity contribution in [3.8, 4) is 0 Å². The summed E-state index contributed by atoms with van der Waals surface area (Å²) >= 11 is 0. The third-order valence-corrected chi connectivity index (χ3v) is 6.51. The van der Waals surface area contributed by atoms with E-state index in [1.54, 1.807) is 0 Å². The van der Waals surface area contributed by atoms with Crippen LogP contribution in [0.3, 0.4) is 0 Å². The Morgan fingerprint density at radius 3 is 2.30 bits per heavy atom. The van der Waals surface area contributed by atoms with Crippen LogP contribution in [0.1, 0.15) is 38.2 Å². The summed E-state index contributed by atoms with van der Waals surface area (Å²) in [7, 11) is 1.88. The molecule has 0 atom stereocenters. The van der Waals surface area contributed by atoms with Gasteiger partial charge in [0.2, 0.25) is 0 Å². The minimum atomic E-state index is 0.526. The zero-order chi connectivity index (χ0) is 21.0. The van der Waals surface area contributed by atoms with Gasteiger partial charge in [-0.2, -0.15) is 0 Å². The molecule has 0 radical (unpaired) electrons. The summed E-state index contributed by atoms with van der Waals surface area (Å²) in [5.41, 5.74) is 1.41. The lowest BCUT2D eigenvalue weighted by Crippen LogP contribution is -2.48. The highest BCUT2D eigenvalue weighted by atomic mass is 15.3. The molecule has 1 aromatic rings. The highest BCUT2D eigenvalue weighted by Crippen LogP contribution is 2.13. The van der Waals surface area contributed by atoms with Gasteiger partial charge in [-0.3, -0.25) is 9.89 Å². The second kappa shape index (κ2) is 12.9. The number of piperazine rings is 1. The maximum absolute atomic E-state index is 4.44. The quantitative estimate of drug-likeness (QED) is 0.369. The van der Waals surface area contributed by atoms with Gasteiger partial charge in [0.1, 0.15) is 0 Å². The number of aliphatic imine (C=N–C) groups is 1. The van der Waals surface area contributed by atoms with Crippen molar-refractivity contribution in [3.05, 3.63) is 35.9 Å². The van der Waals surface area contributed by atoms with E-state index >= 15 is 0 Å². The second-order valence-corrected chi connectivity index (χ2v) is 8.66. The maximum atomic E-state index is 4.44. The number of likely N-dealkylation sites (N-methyl/N-ethyl adjacent to an activating group) is 1. The Kier molecular flexibility index (Phi) is 9.93. The molecular formula is C24H42N6. The monoisotopic (exact) mass is 414 g/mol. The summed E-state index contributed by atoms with van der Waals surface area (Å²) in [5, 5.41) is 7.16. The van der Waals surface area contributed by atoms with Gasteiger partial charge in [0, 0.05) is 65.4 Å². The molecule has 0 amide bonds. The van der Waals surface area contributed by atoms with Crippen LogP contribution in [0.2, 0.25) is 0 Å². The van der Waals surface area contributed by atoms with Crippen molar-refractivity contribution in [3.63, 3.8) is 0 Å². The molecule has 0 saturated carbocycles. The van der Waals surface area contributed by atoms with Gasteiger partial charge in [0.15, 0.2) is 5.96 Å². The molecule has 168 valence electrons. The summed E-state index contributed by atoms with van der Waals surface area (Å²) in [5.74, 6) is 0.966. The number of hydrogen-bond acceptors (Lipinski definition) is 4. The third-order valence-electron chi connectivity index (χ3n) is 6.51. The standard InChI is InChI=1S/C24H42N6/c1-3-28-17-19-29(20-18-28)14-8-7-13-26-24(25-2)27-23-11-15-30(16-12-23)21-22-9-5-4-6-10-22/h4-6,9-10,23H,3,7-8,11-21H2,1-2H3,(H2,25,26,27). The van der Waals surface area contributed by atoms with Gasteiger partial charge in [0.05, 0.1) is 0 Å². The molecule has 3 rings (SSSR count). The fourth-order valence-corrected chi connectivity index (χ4v) is 4.46. The number of nitrogens with zero attached hydrogens (tertiary/aromatic N) is 4. The lowest BCUT2D eigenvalue weighted by Gasteiger charge is -2.34. The number of unbranched alkanes of at least 4 members (excludes halogenated alkanes) is 1. The first-order valence-corrected chi connectivity index (χ1v) is 11.9. The number of benzene rings is 1. The van der Waals surface area contributed by atoms with Gasteiger partial charge in [-0.15, -0.1) is 0 Å². The van der Waals surface area contributed by atoms with E-state index in [2.05, 4.69) is 67.6 Å². The number of piperidine rings is 1. The van der Waals surface area contributed by atoms with Gasteiger partial charge >= 0.3 is 0 Å². The van der Waals surface area contributed by atoms with E-state index in [1.807, 2.05) is 7.05 Å². The molecule has 2 aliphatic rings. The van der Waals surface area contributed by atoms with Crippen molar-refractivity contribution >= 4 is 5.96 Å². The van der Waals surface area contributed by atoms with Crippen LogP contribution in [0.15, 0.2) is 35.3 Å². The number of nitrogens with one attached hydrogen (secondary N) is 2. The molecule has 0 spiro atoms. The maximum Gasteiger partial charge on any atom is 0.191 e. The Morgan fingerprint density at radius 2 is 1.63 bits per heavy atom. The number of likely N-dealkylation sites (tertiary alicyclic amines) is 1. The molecule has 6 nitrogen and oxygen atoms in total. The van der Waals surface area contributed by atoms with Crippen LogP contribution in [-0.2, 0) is 6.54 Å². The Labute approximate surface area is 183 Å². The summed E-state index contributed by atoms with van der Waals surface area (Å²) < 4.78 is 0. The van der Waals surface area contributed by atoms with Crippen LogP contribution >= 0.6 is 0 Å². The van der Waals surface area contributed by atoms with Crippen molar-refractivity contribution < 1.29 is 0 Å². The van der Waals surface area contributed by atoms with Crippen LogP contribution in [0.4, 0.5) is 0 Å². The zero-order valence-corrected chi connectivity index (χ0v) is 19.2. The predicted octanol–water partition coefficient (Wildman–Crippen LogP) is 2.23. The van der Waals surface area contributed by atoms with E-state index in [0.29, 0.717) is 6.04 Å². The molecular weight excluding hydrogens is 372 g/mol. The normalized spacial score (nSPS) is 20.4. The first kappa shape index (κ1) is 23.0. The van der Waals surface area contributed by atoms with Crippen molar-refractivity contribution in [1.82, 2.24) is 25.3 Å². The van der Waals surface area contributed by atoms with E-state index in [0.717, 1.165) is 32.1 Å². The summed E-state index contributed by atoms with van der Waals surface area (Å²) in [6.07, 6.45) is 4.81. The molecule has 2 N–H and O–H groups in total. The van der Waals surface area contributed by atoms with Crippen LogP contribution in [0.25, 0.3) is 0 Å². The van der Waals surface area contributed by atoms with Crippen molar-refractivity contribution in [2.24, 2.45) is 4.99 Å². The van der Waals surface area contributed by atoms with E-state index in [4.69, 9.17) is 0 Å². The summed E-state index contributed by atoms with van der Waals surface area (Å²) in [6, 6.07) is 11.3. The van der Waals surface area contributed by atoms with Gasteiger partial charge in [-0.1, -0.05) is 37.3 Å².